The summed E-state index contributed by atoms with van der Waals surface area (Å²) >= 11 is 7.50. The quantitative estimate of drug-likeness (QED) is 0.303. The van der Waals surface area contributed by atoms with Crippen LogP contribution < -0.4 is 10.1 Å². The molecule has 1 aromatic carbocycles. The molecule has 2 aliphatic rings. The van der Waals surface area contributed by atoms with Crippen molar-refractivity contribution in [1.82, 2.24) is 5.32 Å². The summed E-state index contributed by atoms with van der Waals surface area (Å²) in [5, 5.41) is 4.14. The Labute approximate surface area is 204 Å². The highest BCUT2D eigenvalue weighted by Crippen LogP contribution is 2.40. The Morgan fingerprint density at radius 2 is 2.00 bits per heavy atom. The van der Waals surface area contributed by atoms with E-state index >= 15 is 0 Å². The fraction of sp³-hybridized carbons (Fsp3) is 0.478. The first-order chi connectivity index (χ1) is 14.6. The minimum absolute atomic E-state index is 0.0595. The predicted molar refractivity (Wildman–Crippen MR) is 136 cm³/mol. The number of hydrogen-bond donors (Lipinski definition) is 1. The molecule has 1 saturated carbocycles. The summed E-state index contributed by atoms with van der Waals surface area (Å²) in [6, 6.07) is 4.32. The number of amides is 1. The van der Waals surface area contributed by atoms with Crippen molar-refractivity contribution in [2.45, 2.75) is 63.8 Å². The highest BCUT2D eigenvalue weighted by molar-refractivity contribution is 14.1. The highest BCUT2D eigenvalue weighted by Gasteiger charge is 2.27. The van der Waals surface area contributed by atoms with Crippen molar-refractivity contribution >= 4 is 67.0 Å². The van der Waals surface area contributed by atoms with Crippen molar-refractivity contribution in [3.8, 4) is 5.75 Å². The van der Waals surface area contributed by atoms with E-state index in [0.29, 0.717) is 6.04 Å². The first-order valence-corrected chi connectivity index (χ1v) is 13.3. The Kier molecular flexibility index (Phi) is 7.52. The second-order valence-electron chi connectivity index (χ2n) is 7.97. The molecule has 0 atom stereocenters. The number of nitrogens with zero attached hydrogens (tertiary/aromatic N) is 1. The Balaban J connectivity index is 1.67. The van der Waals surface area contributed by atoms with Gasteiger partial charge in [-0.25, -0.2) is 4.99 Å². The molecule has 160 valence electrons. The summed E-state index contributed by atoms with van der Waals surface area (Å²) in [7, 11) is 1.68. The Hall–Kier alpha value is -0.930. The fourth-order valence-electron chi connectivity index (χ4n) is 4.40. The average Bonchev–Trinajstić information content (AvgIpc) is 3.11. The van der Waals surface area contributed by atoms with Crippen molar-refractivity contribution < 1.29 is 9.53 Å². The molecule has 0 unspecified atom stereocenters. The molecule has 2 aromatic rings. The number of benzene rings is 1. The molecule has 7 heteroatoms. The van der Waals surface area contributed by atoms with Gasteiger partial charge in [0.2, 0.25) is 0 Å². The molecule has 1 amide bonds. The van der Waals surface area contributed by atoms with Gasteiger partial charge in [-0.05, 0) is 78.8 Å². The van der Waals surface area contributed by atoms with Crippen LogP contribution >= 0.6 is 49.9 Å². The Bertz CT molecular complexity index is 967. The maximum atomic E-state index is 13.3. The summed E-state index contributed by atoms with van der Waals surface area (Å²) in [6.45, 7) is 0. The van der Waals surface area contributed by atoms with Crippen LogP contribution in [-0.2, 0) is 12.8 Å². The van der Waals surface area contributed by atoms with Crippen molar-refractivity contribution in [3.63, 3.8) is 0 Å². The number of hydrogen-bond acceptors (Lipinski definition) is 4. The number of halogens is 2. The second kappa shape index (κ2) is 10.1. The van der Waals surface area contributed by atoms with Crippen molar-refractivity contribution in [3.05, 3.63) is 41.7 Å². The number of methoxy groups -OCH3 is 1. The molecule has 30 heavy (non-hydrogen) atoms. The number of fused-ring (bicyclic) bond motifs is 1. The molecule has 0 saturated heterocycles. The van der Waals surface area contributed by atoms with E-state index in [1.807, 2.05) is 18.3 Å². The van der Waals surface area contributed by atoms with Gasteiger partial charge < -0.3 is 10.1 Å². The zero-order valence-corrected chi connectivity index (χ0v) is 21.7. The standard InChI is InChI=1S/C23H26BrIN2O2S/c1-29-21-14(11-15(24)12-18(21)25)13-26-23-20(17-9-5-6-10-19(17)30-23)22(28)27-16-7-3-2-4-8-16/h11-13,16H,2-10H2,1H3,(H,27,28). The van der Waals surface area contributed by atoms with Crippen LogP contribution in [0.15, 0.2) is 21.6 Å². The third-order valence-electron chi connectivity index (χ3n) is 5.88. The van der Waals surface area contributed by atoms with E-state index in [0.717, 1.165) is 62.0 Å². The van der Waals surface area contributed by atoms with Gasteiger partial charge in [-0.2, -0.15) is 0 Å². The monoisotopic (exact) mass is 600 g/mol. The minimum atomic E-state index is 0.0595. The van der Waals surface area contributed by atoms with Gasteiger partial charge in [-0.15, -0.1) is 11.3 Å². The lowest BCUT2D eigenvalue weighted by molar-refractivity contribution is 0.0927. The number of aryl methyl sites for hydroxylation is 1. The van der Waals surface area contributed by atoms with E-state index < -0.39 is 0 Å². The Morgan fingerprint density at radius 1 is 1.23 bits per heavy atom. The lowest BCUT2D eigenvalue weighted by atomic mass is 9.93. The SMILES string of the molecule is COc1c(I)cc(Br)cc1C=Nc1sc2c(c1C(=O)NC1CCCCC1)CCCC2. The van der Waals surface area contributed by atoms with Gasteiger partial charge in [0.15, 0.2) is 0 Å². The van der Waals surface area contributed by atoms with E-state index in [4.69, 9.17) is 9.73 Å². The summed E-state index contributed by atoms with van der Waals surface area (Å²) < 4.78 is 7.58. The number of rotatable bonds is 5. The Morgan fingerprint density at radius 3 is 2.77 bits per heavy atom. The molecule has 1 N–H and O–H groups in total. The molecular formula is C23H26BrIN2O2S. The molecule has 0 radical (unpaired) electrons. The lowest BCUT2D eigenvalue weighted by Gasteiger charge is -2.23. The van der Waals surface area contributed by atoms with Gasteiger partial charge >= 0.3 is 0 Å². The zero-order chi connectivity index (χ0) is 21.1. The van der Waals surface area contributed by atoms with E-state index in [-0.39, 0.29) is 5.91 Å². The first kappa shape index (κ1) is 22.3. The highest BCUT2D eigenvalue weighted by atomic mass is 127. The third kappa shape index (κ3) is 4.93. The maximum Gasteiger partial charge on any atom is 0.254 e. The number of carbonyl (C=O) groups excluding carboxylic acids is 1. The van der Waals surface area contributed by atoms with Gasteiger partial charge in [0.05, 0.1) is 16.2 Å². The molecule has 0 spiro atoms. The van der Waals surface area contributed by atoms with Crippen LogP contribution in [-0.4, -0.2) is 25.3 Å². The molecule has 1 aromatic heterocycles. The normalized spacial score (nSPS) is 17.2. The van der Waals surface area contributed by atoms with Crippen LogP contribution in [0.25, 0.3) is 0 Å². The third-order valence-corrected chi connectivity index (χ3v) is 8.34. The number of nitrogens with one attached hydrogen (secondary N) is 1. The molecule has 0 aliphatic heterocycles. The van der Waals surface area contributed by atoms with E-state index in [1.54, 1.807) is 18.4 Å². The van der Waals surface area contributed by atoms with Crippen LogP contribution in [0.4, 0.5) is 5.00 Å². The molecular weight excluding hydrogens is 575 g/mol. The summed E-state index contributed by atoms with van der Waals surface area (Å²) in [5.74, 6) is 0.862. The van der Waals surface area contributed by atoms with E-state index in [9.17, 15) is 4.79 Å². The molecule has 1 fully saturated rings. The van der Waals surface area contributed by atoms with Crippen LogP contribution in [0.5, 0.6) is 5.75 Å². The van der Waals surface area contributed by atoms with Gasteiger partial charge in [0.25, 0.3) is 5.91 Å². The lowest BCUT2D eigenvalue weighted by Crippen LogP contribution is -2.36. The molecule has 4 rings (SSSR count). The zero-order valence-electron chi connectivity index (χ0n) is 17.1. The first-order valence-electron chi connectivity index (χ1n) is 10.6. The molecule has 0 bridgehead atoms. The smallest absolute Gasteiger partial charge is 0.254 e. The van der Waals surface area contributed by atoms with Crippen molar-refractivity contribution in [2.75, 3.05) is 7.11 Å². The van der Waals surface area contributed by atoms with Gasteiger partial charge in [0, 0.05) is 27.2 Å². The summed E-state index contributed by atoms with van der Waals surface area (Å²) in [6.07, 6.45) is 12.1. The maximum absolute atomic E-state index is 13.3. The average molecular weight is 601 g/mol. The predicted octanol–water partition coefficient (Wildman–Crippen LogP) is 6.82. The van der Waals surface area contributed by atoms with Gasteiger partial charge in [0.1, 0.15) is 10.8 Å². The molecule has 1 heterocycles. The summed E-state index contributed by atoms with van der Waals surface area (Å²) in [5.41, 5.74) is 2.93. The second-order valence-corrected chi connectivity index (χ2v) is 11.1. The molecule has 4 nitrogen and oxygen atoms in total. The van der Waals surface area contributed by atoms with Crippen molar-refractivity contribution in [1.29, 1.82) is 0 Å². The minimum Gasteiger partial charge on any atom is -0.495 e. The fourth-order valence-corrected chi connectivity index (χ4v) is 7.40. The number of carbonyl (C=O) groups is 1. The van der Waals surface area contributed by atoms with Crippen molar-refractivity contribution in [2.24, 2.45) is 4.99 Å². The van der Waals surface area contributed by atoms with Gasteiger partial charge in [-0.1, -0.05) is 35.2 Å². The summed E-state index contributed by atoms with van der Waals surface area (Å²) in [4.78, 5) is 19.4. The van der Waals surface area contributed by atoms with Crippen LogP contribution in [0.2, 0.25) is 0 Å². The number of aliphatic imine (C=N–C) groups is 1. The van der Waals surface area contributed by atoms with Crippen LogP contribution in [0.3, 0.4) is 0 Å². The van der Waals surface area contributed by atoms with Gasteiger partial charge in [-0.3, -0.25) is 4.79 Å². The largest absolute Gasteiger partial charge is 0.495 e. The number of ether oxygens (including phenoxy) is 1. The number of thiophene rings is 1. The van der Waals surface area contributed by atoms with Crippen LogP contribution in [0, 0.1) is 3.57 Å². The molecule has 2 aliphatic carbocycles. The van der Waals surface area contributed by atoms with Crippen LogP contribution in [0.1, 0.15) is 71.3 Å². The van der Waals surface area contributed by atoms with E-state index in [2.05, 4.69) is 43.8 Å². The van der Waals surface area contributed by atoms with E-state index in [1.165, 1.54) is 36.1 Å². The topological polar surface area (TPSA) is 50.7 Å².